The van der Waals surface area contributed by atoms with E-state index in [2.05, 4.69) is 13.8 Å². The minimum Gasteiger partial charge on any atom is -0.483 e. The van der Waals surface area contributed by atoms with Gasteiger partial charge in [0.1, 0.15) is 0 Å². The smallest absolute Gasteiger partial charge is 0.294 e. The van der Waals surface area contributed by atoms with Gasteiger partial charge in [0.15, 0.2) is 0 Å². The zero-order valence-electron chi connectivity index (χ0n) is 11.8. The molecule has 0 bridgehead atoms. The van der Waals surface area contributed by atoms with E-state index in [1.165, 1.54) is 18.9 Å². The SMILES string of the molecule is CCCC.Cc1cccc(S(=O)(=O)O)c1C.O=CO. The number of rotatable bonds is 2. The Labute approximate surface area is 115 Å². The van der Waals surface area contributed by atoms with Crippen LogP contribution in [0.2, 0.25) is 0 Å². The minimum absolute atomic E-state index is 0.0116. The van der Waals surface area contributed by atoms with Gasteiger partial charge < -0.3 is 5.11 Å². The molecule has 0 saturated heterocycles. The Balaban J connectivity index is 0. The van der Waals surface area contributed by atoms with Crippen LogP contribution in [0.5, 0.6) is 0 Å². The third-order valence-electron chi connectivity index (χ3n) is 2.33. The van der Waals surface area contributed by atoms with E-state index < -0.39 is 10.1 Å². The molecule has 0 aliphatic rings. The molecular formula is C13H22O5S. The first-order chi connectivity index (χ1) is 8.75. The first-order valence-electron chi connectivity index (χ1n) is 5.87. The van der Waals surface area contributed by atoms with Crippen molar-refractivity contribution in [3.05, 3.63) is 29.3 Å². The van der Waals surface area contributed by atoms with E-state index in [1.54, 1.807) is 26.0 Å². The lowest BCUT2D eigenvalue weighted by Crippen LogP contribution is -2.01. The monoisotopic (exact) mass is 290 g/mol. The molecule has 5 nitrogen and oxygen atoms in total. The van der Waals surface area contributed by atoms with Crippen molar-refractivity contribution in [2.24, 2.45) is 0 Å². The Kier molecular flexibility index (Phi) is 11.0. The van der Waals surface area contributed by atoms with E-state index in [-0.39, 0.29) is 11.4 Å². The summed E-state index contributed by atoms with van der Waals surface area (Å²) in [6, 6.07) is 4.78. The number of carbonyl (C=O) groups is 1. The molecule has 0 atom stereocenters. The van der Waals surface area contributed by atoms with Crippen LogP contribution in [0.15, 0.2) is 23.1 Å². The summed E-state index contributed by atoms with van der Waals surface area (Å²) in [5.74, 6) is 0. The zero-order valence-corrected chi connectivity index (χ0v) is 12.6. The van der Waals surface area contributed by atoms with E-state index in [0.717, 1.165) is 5.56 Å². The highest BCUT2D eigenvalue weighted by Gasteiger charge is 2.12. The van der Waals surface area contributed by atoms with Gasteiger partial charge >= 0.3 is 0 Å². The molecule has 0 heterocycles. The molecule has 1 rings (SSSR count). The molecule has 2 N–H and O–H groups in total. The molecular weight excluding hydrogens is 268 g/mol. The summed E-state index contributed by atoms with van der Waals surface area (Å²) >= 11 is 0. The number of aryl methyl sites for hydroxylation is 1. The van der Waals surface area contributed by atoms with Gasteiger partial charge in [0.2, 0.25) is 0 Å². The normalized spacial score (nSPS) is 9.53. The van der Waals surface area contributed by atoms with E-state index >= 15 is 0 Å². The third-order valence-corrected chi connectivity index (χ3v) is 3.33. The summed E-state index contributed by atoms with van der Waals surface area (Å²) < 4.78 is 30.3. The number of hydrogen-bond acceptors (Lipinski definition) is 3. The van der Waals surface area contributed by atoms with Crippen LogP contribution in [-0.2, 0) is 14.9 Å². The van der Waals surface area contributed by atoms with Crippen molar-refractivity contribution in [3.8, 4) is 0 Å². The van der Waals surface area contributed by atoms with Crippen LogP contribution in [0, 0.1) is 13.8 Å². The minimum atomic E-state index is -4.06. The maximum atomic E-state index is 10.8. The van der Waals surface area contributed by atoms with Crippen molar-refractivity contribution in [2.75, 3.05) is 0 Å². The topological polar surface area (TPSA) is 91.7 Å². The molecule has 1 aromatic carbocycles. The predicted octanol–water partition coefficient (Wildman–Crippen LogP) is 3.06. The van der Waals surface area contributed by atoms with Crippen LogP contribution >= 0.6 is 0 Å². The number of unbranched alkanes of at least 4 members (excludes halogenated alkanes) is 1. The molecule has 19 heavy (non-hydrogen) atoms. The fourth-order valence-electron chi connectivity index (χ4n) is 1.00. The molecule has 0 unspecified atom stereocenters. The molecule has 0 amide bonds. The van der Waals surface area contributed by atoms with Gasteiger partial charge in [0.05, 0.1) is 4.90 Å². The summed E-state index contributed by atoms with van der Waals surface area (Å²) in [5, 5.41) is 6.89. The molecule has 0 aliphatic carbocycles. The Bertz CT molecular complexity index is 464. The Morgan fingerprint density at radius 2 is 1.58 bits per heavy atom. The lowest BCUT2D eigenvalue weighted by atomic mass is 10.1. The highest BCUT2D eigenvalue weighted by molar-refractivity contribution is 7.85. The second-order valence-electron chi connectivity index (χ2n) is 3.78. The molecule has 0 aliphatic heterocycles. The number of hydrogen-bond donors (Lipinski definition) is 2. The van der Waals surface area contributed by atoms with Gasteiger partial charge in [-0.2, -0.15) is 8.42 Å². The lowest BCUT2D eigenvalue weighted by Gasteiger charge is -2.03. The summed E-state index contributed by atoms with van der Waals surface area (Å²) in [4.78, 5) is 8.35. The molecule has 1 aromatic rings. The fraction of sp³-hybridized carbons (Fsp3) is 0.462. The fourth-order valence-corrected chi connectivity index (χ4v) is 1.80. The highest BCUT2D eigenvalue weighted by atomic mass is 32.2. The zero-order chi connectivity index (χ0) is 15.5. The first-order valence-corrected chi connectivity index (χ1v) is 7.31. The Morgan fingerprint density at radius 1 is 1.16 bits per heavy atom. The average molecular weight is 290 g/mol. The maximum Gasteiger partial charge on any atom is 0.294 e. The van der Waals surface area contributed by atoms with Crippen molar-refractivity contribution >= 4 is 16.6 Å². The predicted molar refractivity (Wildman–Crippen MR) is 75.0 cm³/mol. The largest absolute Gasteiger partial charge is 0.483 e. The van der Waals surface area contributed by atoms with Gasteiger partial charge in [-0.25, -0.2) is 0 Å². The van der Waals surface area contributed by atoms with Gasteiger partial charge in [0, 0.05) is 0 Å². The van der Waals surface area contributed by atoms with Crippen LogP contribution in [0.25, 0.3) is 0 Å². The van der Waals surface area contributed by atoms with Crippen molar-refractivity contribution in [1.82, 2.24) is 0 Å². The van der Waals surface area contributed by atoms with Crippen molar-refractivity contribution in [3.63, 3.8) is 0 Å². The van der Waals surface area contributed by atoms with Crippen LogP contribution < -0.4 is 0 Å². The van der Waals surface area contributed by atoms with Gasteiger partial charge in [-0.05, 0) is 31.0 Å². The van der Waals surface area contributed by atoms with Gasteiger partial charge in [-0.15, -0.1) is 0 Å². The number of benzene rings is 1. The molecule has 0 fully saturated rings. The lowest BCUT2D eigenvalue weighted by molar-refractivity contribution is -0.122. The van der Waals surface area contributed by atoms with E-state index in [9.17, 15) is 8.42 Å². The van der Waals surface area contributed by atoms with Crippen LogP contribution in [0.4, 0.5) is 0 Å². The van der Waals surface area contributed by atoms with Gasteiger partial charge in [0.25, 0.3) is 16.6 Å². The Hall–Kier alpha value is -1.40. The van der Waals surface area contributed by atoms with Crippen molar-refractivity contribution in [2.45, 2.75) is 45.4 Å². The van der Waals surface area contributed by atoms with Crippen LogP contribution in [0.3, 0.4) is 0 Å². The van der Waals surface area contributed by atoms with Crippen LogP contribution in [0.1, 0.15) is 37.8 Å². The first kappa shape index (κ1) is 19.9. The van der Waals surface area contributed by atoms with Gasteiger partial charge in [-0.3, -0.25) is 9.35 Å². The molecule has 0 spiro atoms. The second-order valence-corrected chi connectivity index (χ2v) is 5.17. The maximum absolute atomic E-state index is 10.8. The molecule has 0 aromatic heterocycles. The standard InChI is InChI=1S/C8H10O3S.C4H10.CH2O2/c1-6-4-3-5-8(7(6)2)12(9,10)11;1-3-4-2;2-1-3/h3-5H,1-2H3,(H,9,10,11);3-4H2,1-2H3;1H,(H,2,3). The third kappa shape index (κ3) is 9.21. The van der Waals surface area contributed by atoms with Gasteiger partial charge in [-0.1, -0.05) is 38.8 Å². The van der Waals surface area contributed by atoms with E-state index in [1.807, 2.05) is 0 Å². The second kappa shape index (κ2) is 10.5. The summed E-state index contributed by atoms with van der Waals surface area (Å²) in [7, 11) is -4.06. The Morgan fingerprint density at radius 3 is 1.84 bits per heavy atom. The van der Waals surface area contributed by atoms with E-state index in [4.69, 9.17) is 14.5 Å². The molecule has 6 heteroatoms. The highest BCUT2D eigenvalue weighted by Crippen LogP contribution is 2.17. The summed E-state index contributed by atoms with van der Waals surface area (Å²) in [6.45, 7) is 7.57. The van der Waals surface area contributed by atoms with Crippen molar-refractivity contribution in [1.29, 1.82) is 0 Å². The average Bonchev–Trinajstić information content (AvgIpc) is 2.32. The van der Waals surface area contributed by atoms with Crippen molar-refractivity contribution < 1.29 is 22.9 Å². The summed E-state index contributed by atoms with van der Waals surface area (Å²) in [5.41, 5.74) is 1.45. The summed E-state index contributed by atoms with van der Waals surface area (Å²) in [6.07, 6.45) is 2.64. The van der Waals surface area contributed by atoms with Crippen LogP contribution in [-0.4, -0.2) is 24.5 Å². The number of carboxylic acid groups (broad SMARTS) is 1. The molecule has 0 saturated carbocycles. The molecule has 0 radical (unpaired) electrons. The molecule has 110 valence electrons. The quantitative estimate of drug-likeness (QED) is 0.645. The van der Waals surface area contributed by atoms with E-state index in [0.29, 0.717) is 5.56 Å².